The Kier molecular flexibility index (Phi) is 4.46. The molecule has 0 spiro atoms. The topological polar surface area (TPSA) is 116 Å². The van der Waals surface area contributed by atoms with Gasteiger partial charge in [-0.15, -0.1) is 0 Å². The number of aliphatic hydroxyl groups excluding tert-OH is 1. The number of aromatic nitrogens is 2. The van der Waals surface area contributed by atoms with Crippen molar-refractivity contribution < 1.29 is 19.8 Å². The molecule has 4 N–H and O–H groups in total. The van der Waals surface area contributed by atoms with E-state index >= 15 is 0 Å². The zero-order valence-corrected chi connectivity index (χ0v) is 9.25. The first-order valence-electron chi connectivity index (χ1n) is 4.94. The van der Waals surface area contributed by atoms with E-state index in [1.807, 2.05) is 0 Å². The van der Waals surface area contributed by atoms with Crippen molar-refractivity contribution in [3.05, 3.63) is 12.3 Å². The first-order valence-corrected chi connectivity index (χ1v) is 4.94. The Morgan fingerprint density at radius 1 is 1.59 bits per heavy atom. The summed E-state index contributed by atoms with van der Waals surface area (Å²) in [6, 6.07) is 1.12. The number of carboxylic acids is 1. The van der Waals surface area contributed by atoms with Crippen molar-refractivity contribution in [3.63, 3.8) is 0 Å². The Labute approximate surface area is 97.2 Å². The zero-order valence-electron chi connectivity index (χ0n) is 9.25. The van der Waals surface area contributed by atoms with Crippen molar-refractivity contribution in [2.45, 2.75) is 12.5 Å². The predicted octanol–water partition coefficient (Wildman–Crippen LogP) is -0.623. The number of hydrogen-bond donors (Lipinski definition) is 4. The molecule has 0 aliphatic heterocycles. The number of urea groups is 1. The average Bonchev–Trinajstić information content (AvgIpc) is 2.63. The zero-order chi connectivity index (χ0) is 12.8. The maximum absolute atomic E-state index is 11.3. The molecule has 17 heavy (non-hydrogen) atoms. The van der Waals surface area contributed by atoms with E-state index in [0.29, 0.717) is 5.82 Å². The highest BCUT2D eigenvalue weighted by Crippen LogP contribution is 1.99. The van der Waals surface area contributed by atoms with Gasteiger partial charge in [-0.2, -0.15) is 5.10 Å². The number of rotatable bonds is 5. The van der Waals surface area contributed by atoms with Crippen LogP contribution in [0, 0.1) is 0 Å². The summed E-state index contributed by atoms with van der Waals surface area (Å²) in [5.41, 5.74) is 0. The Morgan fingerprint density at radius 2 is 2.29 bits per heavy atom. The minimum absolute atomic E-state index is 0.0506. The lowest BCUT2D eigenvalue weighted by atomic mass is 10.2. The lowest BCUT2D eigenvalue weighted by molar-refractivity contribution is -0.146. The van der Waals surface area contributed by atoms with Crippen LogP contribution in [0.15, 0.2) is 12.3 Å². The maximum atomic E-state index is 11.3. The SMILES string of the molecule is Cn1ccc(NC(=O)NCCC(O)C(=O)O)n1. The maximum Gasteiger partial charge on any atom is 0.332 e. The molecule has 0 bridgehead atoms. The molecule has 1 rings (SSSR count). The summed E-state index contributed by atoms with van der Waals surface area (Å²) in [7, 11) is 1.71. The van der Waals surface area contributed by atoms with E-state index in [1.54, 1.807) is 19.3 Å². The molecule has 0 saturated carbocycles. The van der Waals surface area contributed by atoms with E-state index in [0.717, 1.165) is 0 Å². The molecule has 0 aliphatic rings. The summed E-state index contributed by atoms with van der Waals surface area (Å²) in [6.45, 7) is 0.0616. The van der Waals surface area contributed by atoms with Crippen LogP contribution in [0.4, 0.5) is 10.6 Å². The molecule has 1 unspecified atom stereocenters. The molecule has 0 aliphatic carbocycles. The molecular formula is C9H14N4O4. The number of carbonyl (C=O) groups is 2. The van der Waals surface area contributed by atoms with Gasteiger partial charge in [-0.3, -0.25) is 10.00 Å². The molecule has 2 amide bonds. The monoisotopic (exact) mass is 242 g/mol. The number of nitrogens with one attached hydrogen (secondary N) is 2. The van der Waals surface area contributed by atoms with E-state index in [4.69, 9.17) is 10.2 Å². The van der Waals surface area contributed by atoms with Crippen LogP contribution < -0.4 is 10.6 Å². The van der Waals surface area contributed by atoms with E-state index < -0.39 is 18.1 Å². The van der Waals surface area contributed by atoms with Gasteiger partial charge in [-0.25, -0.2) is 9.59 Å². The summed E-state index contributed by atoms with van der Waals surface area (Å²) in [4.78, 5) is 21.6. The Hall–Kier alpha value is -2.09. The number of anilines is 1. The van der Waals surface area contributed by atoms with E-state index in [-0.39, 0.29) is 13.0 Å². The fraction of sp³-hybridized carbons (Fsp3) is 0.444. The molecule has 1 aromatic heterocycles. The number of carbonyl (C=O) groups excluding carboxylic acids is 1. The average molecular weight is 242 g/mol. The summed E-state index contributed by atoms with van der Waals surface area (Å²) in [5, 5.41) is 26.1. The van der Waals surface area contributed by atoms with Gasteiger partial charge in [0.1, 0.15) is 0 Å². The van der Waals surface area contributed by atoms with Gasteiger partial charge in [-0.05, 0) is 0 Å². The number of aliphatic hydroxyl groups is 1. The quantitative estimate of drug-likeness (QED) is 0.549. The van der Waals surface area contributed by atoms with E-state index in [9.17, 15) is 9.59 Å². The number of aryl methyl sites for hydroxylation is 1. The Balaban J connectivity index is 2.24. The largest absolute Gasteiger partial charge is 0.479 e. The molecule has 0 aromatic carbocycles. The first kappa shape index (κ1) is 13.0. The third-order valence-electron chi connectivity index (χ3n) is 1.94. The predicted molar refractivity (Wildman–Crippen MR) is 58.5 cm³/mol. The lowest BCUT2D eigenvalue weighted by Gasteiger charge is -2.07. The fourth-order valence-electron chi connectivity index (χ4n) is 1.09. The van der Waals surface area contributed by atoms with Crippen LogP contribution in [0.3, 0.4) is 0 Å². The molecule has 8 heteroatoms. The summed E-state index contributed by atoms with van der Waals surface area (Å²) < 4.78 is 1.53. The Bertz CT molecular complexity index is 403. The molecule has 1 heterocycles. The second-order valence-corrected chi connectivity index (χ2v) is 3.40. The van der Waals surface area contributed by atoms with Crippen molar-refractivity contribution in [1.82, 2.24) is 15.1 Å². The third kappa shape index (κ3) is 4.51. The van der Waals surface area contributed by atoms with E-state index in [1.165, 1.54) is 4.68 Å². The molecular weight excluding hydrogens is 228 g/mol. The summed E-state index contributed by atoms with van der Waals surface area (Å²) in [5.74, 6) is -0.916. The van der Waals surface area contributed by atoms with Crippen molar-refractivity contribution in [2.75, 3.05) is 11.9 Å². The van der Waals surface area contributed by atoms with Gasteiger partial charge in [0.25, 0.3) is 0 Å². The second-order valence-electron chi connectivity index (χ2n) is 3.40. The van der Waals surface area contributed by atoms with Gasteiger partial charge < -0.3 is 15.5 Å². The number of amides is 2. The number of nitrogens with zero attached hydrogens (tertiary/aromatic N) is 2. The number of aliphatic carboxylic acids is 1. The fourth-order valence-corrected chi connectivity index (χ4v) is 1.09. The van der Waals surface area contributed by atoms with Gasteiger partial charge in [-0.1, -0.05) is 0 Å². The van der Waals surface area contributed by atoms with Crippen LogP contribution in [-0.4, -0.2) is 44.6 Å². The van der Waals surface area contributed by atoms with Gasteiger partial charge in [0.15, 0.2) is 11.9 Å². The lowest BCUT2D eigenvalue weighted by Crippen LogP contribution is -2.33. The van der Waals surface area contributed by atoms with Crippen LogP contribution in [0.5, 0.6) is 0 Å². The molecule has 0 saturated heterocycles. The van der Waals surface area contributed by atoms with E-state index in [2.05, 4.69) is 15.7 Å². The van der Waals surface area contributed by atoms with Gasteiger partial charge in [0, 0.05) is 32.3 Å². The van der Waals surface area contributed by atoms with Crippen molar-refractivity contribution in [3.8, 4) is 0 Å². The molecule has 94 valence electrons. The normalized spacial score (nSPS) is 11.9. The second kappa shape index (κ2) is 5.85. The van der Waals surface area contributed by atoms with Crippen LogP contribution in [0.25, 0.3) is 0 Å². The Morgan fingerprint density at radius 3 is 2.82 bits per heavy atom. The standard InChI is InChI=1S/C9H14N4O4/c1-13-5-3-7(12-13)11-9(17)10-4-2-6(14)8(15)16/h3,5-6,14H,2,4H2,1H3,(H,15,16)(H2,10,11,12,17). The first-order chi connectivity index (χ1) is 7.99. The molecule has 8 nitrogen and oxygen atoms in total. The molecule has 0 radical (unpaired) electrons. The van der Waals surface area contributed by atoms with Crippen LogP contribution >= 0.6 is 0 Å². The smallest absolute Gasteiger partial charge is 0.332 e. The van der Waals surface area contributed by atoms with Crippen LogP contribution in [-0.2, 0) is 11.8 Å². The number of carboxylic acid groups (broad SMARTS) is 1. The highest BCUT2D eigenvalue weighted by atomic mass is 16.4. The van der Waals surface area contributed by atoms with Crippen molar-refractivity contribution in [1.29, 1.82) is 0 Å². The van der Waals surface area contributed by atoms with Crippen LogP contribution in [0.2, 0.25) is 0 Å². The van der Waals surface area contributed by atoms with Gasteiger partial charge in [0.2, 0.25) is 0 Å². The highest BCUT2D eigenvalue weighted by Gasteiger charge is 2.12. The molecule has 1 atom stereocenters. The third-order valence-corrected chi connectivity index (χ3v) is 1.94. The van der Waals surface area contributed by atoms with Gasteiger partial charge in [0.05, 0.1) is 0 Å². The van der Waals surface area contributed by atoms with Crippen LogP contribution in [0.1, 0.15) is 6.42 Å². The van der Waals surface area contributed by atoms with Gasteiger partial charge >= 0.3 is 12.0 Å². The van der Waals surface area contributed by atoms with Crippen molar-refractivity contribution in [2.24, 2.45) is 7.05 Å². The number of hydrogen-bond acceptors (Lipinski definition) is 4. The minimum atomic E-state index is -1.47. The molecule has 1 aromatic rings. The highest BCUT2D eigenvalue weighted by molar-refractivity contribution is 5.88. The van der Waals surface area contributed by atoms with Crippen molar-refractivity contribution >= 4 is 17.8 Å². The summed E-state index contributed by atoms with van der Waals surface area (Å²) >= 11 is 0. The summed E-state index contributed by atoms with van der Waals surface area (Å²) in [6.07, 6.45) is 0.152. The molecule has 0 fully saturated rings. The minimum Gasteiger partial charge on any atom is -0.479 e.